The maximum Gasteiger partial charge on any atom is 0.257 e. The molecule has 2 fully saturated rings. The van der Waals surface area contributed by atoms with Crippen molar-refractivity contribution >= 4 is 15.9 Å². The monoisotopic (exact) mass is 452 g/mol. The van der Waals surface area contributed by atoms with Crippen LogP contribution in [0.1, 0.15) is 42.5 Å². The van der Waals surface area contributed by atoms with E-state index >= 15 is 0 Å². The van der Waals surface area contributed by atoms with Crippen LogP contribution in [0.2, 0.25) is 0 Å². The molecule has 9 heteroatoms. The van der Waals surface area contributed by atoms with E-state index in [4.69, 9.17) is 4.74 Å². The molecule has 1 amide bonds. The molecule has 174 valence electrons. The normalized spacial score (nSPS) is 19.2. The number of nitrogens with one attached hydrogen (secondary N) is 1. The number of sulfonamides is 1. The predicted octanol–water partition coefficient (Wildman–Crippen LogP) is 1.63. The molecular weight excluding hydrogens is 416 g/mol. The van der Waals surface area contributed by atoms with Crippen LogP contribution in [0.5, 0.6) is 5.75 Å². The van der Waals surface area contributed by atoms with Crippen LogP contribution in [0.4, 0.5) is 0 Å². The zero-order chi connectivity index (χ0) is 22.3. The minimum Gasteiger partial charge on any atom is -0.496 e. The van der Waals surface area contributed by atoms with Crippen molar-refractivity contribution in [3.63, 3.8) is 0 Å². The molecule has 0 unspecified atom stereocenters. The van der Waals surface area contributed by atoms with Crippen molar-refractivity contribution < 1.29 is 17.9 Å². The van der Waals surface area contributed by atoms with Gasteiger partial charge in [0.05, 0.1) is 17.6 Å². The molecule has 0 spiro atoms. The molecule has 1 aromatic rings. The summed E-state index contributed by atoms with van der Waals surface area (Å²) >= 11 is 0. The standard InChI is InChI=1S/C22H36N4O4S/c1-24-14-16-25(17-15-24)11-7-10-23-31(28,29)19-8-9-21(30-2)20(18-19)22(27)26-12-5-3-4-6-13-26/h8-9,18,23H,3-7,10-17H2,1-2H3. The summed E-state index contributed by atoms with van der Waals surface area (Å²) in [5, 5.41) is 0. The van der Waals surface area contributed by atoms with Crippen LogP contribution in [0.25, 0.3) is 0 Å². The third-order valence-corrected chi connectivity index (χ3v) is 7.60. The lowest BCUT2D eigenvalue weighted by Gasteiger charge is -2.32. The second kappa shape index (κ2) is 11.3. The highest BCUT2D eigenvalue weighted by Gasteiger charge is 2.24. The first kappa shape index (κ1) is 24.0. The van der Waals surface area contributed by atoms with E-state index in [-0.39, 0.29) is 10.8 Å². The summed E-state index contributed by atoms with van der Waals surface area (Å²) in [6, 6.07) is 4.53. The molecule has 0 aromatic heterocycles. The fourth-order valence-corrected chi connectivity index (χ4v) is 5.23. The Morgan fingerprint density at radius 1 is 1.03 bits per heavy atom. The first-order valence-electron chi connectivity index (χ1n) is 11.3. The first-order chi connectivity index (χ1) is 14.9. The molecule has 2 aliphatic heterocycles. The van der Waals surface area contributed by atoms with Crippen LogP contribution >= 0.6 is 0 Å². The maximum absolute atomic E-state index is 13.1. The van der Waals surface area contributed by atoms with Crippen LogP contribution in [0.15, 0.2) is 23.1 Å². The smallest absolute Gasteiger partial charge is 0.257 e. The number of hydrogen-bond acceptors (Lipinski definition) is 6. The van der Waals surface area contributed by atoms with Gasteiger partial charge < -0.3 is 19.4 Å². The average molecular weight is 453 g/mol. The number of benzene rings is 1. The Hall–Kier alpha value is -1.68. The molecule has 0 bridgehead atoms. The van der Waals surface area contributed by atoms with E-state index < -0.39 is 10.0 Å². The van der Waals surface area contributed by atoms with Gasteiger partial charge in [-0.05, 0) is 51.1 Å². The van der Waals surface area contributed by atoms with Gasteiger partial charge in [-0.2, -0.15) is 0 Å². The number of methoxy groups -OCH3 is 1. The van der Waals surface area contributed by atoms with Gasteiger partial charge in [-0.3, -0.25) is 4.79 Å². The van der Waals surface area contributed by atoms with Gasteiger partial charge in [0.15, 0.2) is 0 Å². The SMILES string of the molecule is COc1ccc(S(=O)(=O)NCCCN2CCN(C)CC2)cc1C(=O)N1CCCCCC1. The zero-order valence-electron chi connectivity index (χ0n) is 18.8. The van der Waals surface area contributed by atoms with Crippen molar-refractivity contribution in [3.8, 4) is 5.75 Å². The molecule has 3 rings (SSSR count). The topological polar surface area (TPSA) is 82.2 Å². The Morgan fingerprint density at radius 3 is 2.35 bits per heavy atom. The van der Waals surface area contributed by atoms with Gasteiger partial charge in [-0.15, -0.1) is 0 Å². The van der Waals surface area contributed by atoms with E-state index in [0.29, 0.717) is 30.9 Å². The van der Waals surface area contributed by atoms with Gasteiger partial charge in [-0.1, -0.05) is 12.8 Å². The Bertz CT molecular complexity index is 830. The molecule has 8 nitrogen and oxygen atoms in total. The van der Waals surface area contributed by atoms with Crippen molar-refractivity contribution in [1.82, 2.24) is 19.4 Å². The molecular formula is C22H36N4O4S. The van der Waals surface area contributed by atoms with E-state index in [1.807, 2.05) is 4.90 Å². The fraction of sp³-hybridized carbons (Fsp3) is 0.682. The summed E-state index contributed by atoms with van der Waals surface area (Å²) in [6.07, 6.45) is 4.93. The van der Waals surface area contributed by atoms with Crippen LogP contribution in [-0.4, -0.2) is 95.5 Å². The summed E-state index contributed by atoms with van der Waals surface area (Å²) < 4.78 is 33.7. The third kappa shape index (κ3) is 6.65. The number of likely N-dealkylation sites (N-methyl/N-ethyl adjacent to an activating group) is 1. The number of likely N-dealkylation sites (tertiary alicyclic amines) is 1. The Kier molecular flexibility index (Phi) is 8.71. The number of rotatable bonds is 8. The predicted molar refractivity (Wildman–Crippen MR) is 121 cm³/mol. The van der Waals surface area contributed by atoms with E-state index in [2.05, 4.69) is 21.6 Å². The van der Waals surface area contributed by atoms with Crippen molar-refractivity contribution in [1.29, 1.82) is 0 Å². The van der Waals surface area contributed by atoms with Crippen molar-refractivity contribution in [2.24, 2.45) is 0 Å². The largest absolute Gasteiger partial charge is 0.496 e. The summed E-state index contributed by atoms with van der Waals surface area (Å²) in [5.41, 5.74) is 0.310. The Morgan fingerprint density at radius 2 is 1.71 bits per heavy atom. The lowest BCUT2D eigenvalue weighted by atomic mass is 10.1. The number of nitrogens with zero attached hydrogens (tertiary/aromatic N) is 3. The number of ether oxygens (including phenoxy) is 1. The number of carbonyl (C=O) groups excluding carboxylic acids is 1. The maximum atomic E-state index is 13.1. The van der Waals surface area contributed by atoms with Gasteiger partial charge in [0.1, 0.15) is 5.75 Å². The van der Waals surface area contributed by atoms with Crippen LogP contribution < -0.4 is 9.46 Å². The summed E-state index contributed by atoms with van der Waals surface area (Å²) in [5.74, 6) is 0.245. The first-order valence-corrected chi connectivity index (χ1v) is 12.8. The number of amides is 1. The summed E-state index contributed by atoms with van der Waals surface area (Å²) in [4.78, 5) is 19.7. The lowest BCUT2D eigenvalue weighted by molar-refractivity contribution is 0.0758. The molecule has 2 saturated heterocycles. The molecule has 2 aliphatic rings. The Labute approximate surface area is 186 Å². The minimum absolute atomic E-state index is 0.103. The van der Waals surface area contributed by atoms with E-state index in [9.17, 15) is 13.2 Å². The van der Waals surface area contributed by atoms with E-state index in [1.54, 1.807) is 6.07 Å². The molecule has 0 radical (unpaired) electrons. The van der Waals surface area contributed by atoms with E-state index in [1.165, 1.54) is 19.2 Å². The molecule has 0 atom stereocenters. The molecule has 0 aliphatic carbocycles. The number of carbonyl (C=O) groups is 1. The highest BCUT2D eigenvalue weighted by molar-refractivity contribution is 7.89. The number of hydrogen-bond donors (Lipinski definition) is 1. The van der Waals surface area contributed by atoms with Crippen molar-refractivity contribution in [3.05, 3.63) is 23.8 Å². The third-order valence-electron chi connectivity index (χ3n) is 6.14. The summed E-state index contributed by atoms with van der Waals surface area (Å²) in [7, 11) is -0.0774. The molecule has 0 saturated carbocycles. The average Bonchev–Trinajstić information content (AvgIpc) is 3.06. The second-order valence-electron chi connectivity index (χ2n) is 8.46. The van der Waals surface area contributed by atoms with Crippen LogP contribution in [0.3, 0.4) is 0 Å². The lowest BCUT2D eigenvalue weighted by Crippen LogP contribution is -2.45. The van der Waals surface area contributed by atoms with Gasteiger partial charge in [-0.25, -0.2) is 13.1 Å². The summed E-state index contributed by atoms with van der Waals surface area (Å²) in [6.45, 7) is 6.77. The van der Waals surface area contributed by atoms with Gasteiger partial charge in [0.25, 0.3) is 5.91 Å². The highest BCUT2D eigenvalue weighted by Crippen LogP contribution is 2.25. The molecule has 1 aromatic carbocycles. The molecule has 2 heterocycles. The quantitative estimate of drug-likeness (QED) is 0.604. The fourth-order valence-electron chi connectivity index (χ4n) is 4.13. The molecule has 1 N–H and O–H groups in total. The minimum atomic E-state index is -3.69. The van der Waals surface area contributed by atoms with Crippen molar-refractivity contribution in [2.75, 3.05) is 66.5 Å². The van der Waals surface area contributed by atoms with Gasteiger partial charge in [0, 0.05) is 45.8 Å². The Balaban J connectivity index is 1.62. The highest BCUT2D eigenvalue weighted by atomic mass is 32.2. The molecule has 31 heavy (non-hydrogen) atoms. The van der Waals surface area contributed by atoms with E-state index in [0.717, 1.165) is 64.8 Å². The second-order valence-corrected chi connectivity index (χ2v) is 10.2. The van der Waals surface area contributed by atoms with Crippen molar-refractivity contribution in [2.45, 2.75) is 37.0 Å². The number of piperazine rings is 1. The van der Waals surface area contributed by atoms with Gasteiger partial charge in [0.2, 0.25) is 10.0 Å². The van der Waals surface area contributed by atoms with Crippen LogP contribution in [0, 0.1) is 0 Å². The zero-order valence-corrected chi connectivity index (χ0v) is 19.6. The van der Waals surface area contributed by atoms with Crippen LogP contribution in [-0.2, 0) is 10.0 Å². The van der Waals surface area contributed by atoms with Gasteiger partial charge >= 0.3 is 0 Å².